The molecule has 0 unspecified atom stereocenters. The minimum Gasteiger partial charge on any atom is -0.449 e. The quantitative estimate of drug-likeness (QED) is 0.605. The zero-order valence-electron chi connectivity index (χ0n) is 19.8. The van der Waals surface area contributed by atoms with E-state index >= 15 is 0 Å². The summed E-state index contributed by atoms with van der Waals surface area (Å²) in [6, 6.07) is 4.90. The molecule has 1 saturated carbocycles. The van der Waals surface area contributed by atoms with Crippen LogP contribution in [0.15, 0.2) is 29.2 Å². The Morgan fingerprint density at radius 1 is 1.21 bits per heavy atom. The smallest absolute Gasteiger partial charge is 0.338 e. The van der Waals surface area contributed by atoms with Gasteiger partial charge in [-0.05, 0) is 62.1 Å². The number of hydrogen-bond acceptors (Lipinski definition) is 6. The van der Waals surface area contributed by atoms with Crippen molar-refractivity contribution in [2.24, 2.45) is 10.8 Å². The van der Waals surface area contributed by atoms with Crippen molar-refractivity contribution in [1.29, 1.82) is 0 Å². The summed E-state index contributed by atoms with van der Waals surface area (Å²) in [5, 5.41) is 4.48. The topological polar surface area (TPSA) is 122 Å². The van der Waals surface area contributed by atoms with Crippen molar-refractivity contribution < 1.29 is 27.5 Å². The highest BCUT2D eigenvalue weighted by molar-refractivity contribution is 7.89. The summed E-state index contributed by atoms with van der Waals surface area (Å²) < 4.78 is 33.7. The van der Waals surface area contributed by atoms with Crippen molar-refractivity contribution in [3.05, 3.63) is 29.8 Å². The number of esters is 1. The molecule has 10 heteroatoms. The van der Waals surface area contributed by atoms with E-state index in [1.165, 1.54) is 31.2 Å². The highest BCUT2D eigenvalue weighted by atomic mass is 32.2. The molecule has 2 N–H and O–H groups in total. The second-order valence-electron chi connectivity index (χ2n) is 10.2. The highest BCUT2D eigenvalue weighted by Gasteiger charge is 2.53. The second-order valence-corrected chi connectivity index (χ2v) is 12.1. The number of hydrogen-bond donors (Lipinski definition) is 2. The molecule has 0 aromatic heterocycles. The maximum atomic E-state index is 13.5. The Hall–Kier alpha value is -2.46. The average molecular weight is 480 g/mol. The molecule has 2 fully saturated rings. The summed E-state index contributed by atoms with van der Waals surface area (Å²) in [4.78, 5) is 36.1. The molecule has 33 heavy (non-hydrogen) atoms. The number of imide groups is 1. The number of fused-ring (bicyclic) bond motifs is 2. The van der Waals surface area contributed by atoms with Crippen LogP contribution < -0.4 is 10.6 Å². The minimum atomic E-state index is -3.81. The first-order valence-corrected chi connectivity index (χ1v) is 12.6. The predicted molar refractivity (Wildman–Crippen MR) is 122 cm³/mol. The largest absolute Gasteiger partial charge is 0.449 e. The lowest BCUT2D eigenvalue weighted by Crippen LogP contribution is -2.44. The van der Waals surface area contributed by atoms with Gasteiger partial charge in [0.1, 0.15) is 0 Å². The SMILES string of the molecule is CCNC(=O)NC(=O)[C@H](C)OC(=O)c1cccc(S(=O)(=O)N2C[C@@]3(C)C[C@H]2CC(C)(C)C3)c1. The van der Waals surface area contributed by atoms with Crippen molar-refractivity contribution in [3.63, 3.8) is 0 Å². The molecule has 9 nitrogen and oxygen atoms in total. The molecule has 1 heterocycles. The van der Waals surface area contributed by atoms with Crippen LogP contribution in [0.1, 0.15) is 64.2 Å². The maximum Gasteiger partial charge on any atom is 0.338 e. The zero-order chi connectivity index (χ0) is 24.6. The van der Waals surface area contributed by atoms with E-state index in [4.69, 9.17) is 4.74 Å². The Balaban J connectivity index is 1.74. The van der Waals surface area contributed by atoms with E-state index in [0.717, 1.165) is 19.3 Å². The fourth-order valence-electron chi connectivity index (χ4n) is 5.31. The molecule has 1 aliphatic heterocycles. The van der Waals surface area contributed by atoms with Crippen LogP contribution in [0.3, 0.4) is 0 Å². The number of urea groups is 1. The van der Waals surface area contributed by atoms with Crippen LogP contribution in [0.5, 0.6) is 0 Å². The minimum absolute atomic E-state index is 0.0162. The number of sulfonamides is 1. The first-order valence-electron chi connectivity index (χ1n) is 11.2. The molecule has 2 bridgehead atoms. The van der Waals surface area contributed by atoms with Crippen LogP contribution in [0.2, 0.25) is 0 Å². The van der Waals surface area contributed by atoms with E-state index in [2.05, 4.69) is 31.4 Å². The molecule has 3 amide bonds. The molecule has 1 saturated heterocycles. The van der Waals surface area contributed by atoms with Crippen LogP contribution >= 0.6 is 0 Å². The van der Waals surface area contributed by atoms with Gasteiger partial charge in [0.15, 0.2) is 6.10 Å². The first-order chi connectivity index (χ1) is 15.3. The van der Waals surface area contributed by atoms with E-state index in [0.29, 0.717) is 13.1 Å². The van der Waals surface area contributed by atoms with Gasteiger partial charge in [-0.1, -0.05) is 26.8 Å². The number of rotatable bonds is 6. The third kappa shape index (κ3) is 5.55. The Bertz CT molecular complexity index is 1050. The van der Waals surface area contributed by atoms with Crippen molar-refractivity contribution >= 4 is 27.9 Å². The molecule has 3 rings (SSSR count). The lowest BCUT2D eigenvalue weighted by atomic mass is 9.65. The van der Waals surface area contributed by atoms with Gasteiger partial charge >= 0.3 is 12.0 Å². The number of nitrogens with zero attached hydrogens (tertiary/aromatic N) is 1. The van der Waals surface area contributed by atoms with Gasteiger partial charge in [-0.25, -0.2) is 18.0 Å². The fraction of sp³-hybridized carbons (Fsp3) is 0.609. The number of ether oxygens (including phenoxy) is 1. The van der Waals surface area contributed by atoms with Crippen molar-refractivity contribution in [2.75, 3.05) is 13.1 Å². The lowest BCUT2D eigenvalue weighted by Gasteiger charge is -2.39. The first kappa shape index (κ1) is 25.2. The lowest BCUT2D eigenvalue weighted by molar-refractivity contribution is -0.127. The summed E-state index contributed by atoms with van der Waals surface area (Å²) in [6.07, 6.45) is 1.35. The van der Waals surface area contributed by atoms with Crippen LogP contribution in [0.25, 0.3) is 0 Å². The van der Waals surface area contributed by atoms with Crippen molar-refractivity contribution in [3.8, 4) is 0 Å². The zero-order valence-corrected chi connectivity index (χ0v) is 20.6. The number of nitrogens with one attached hydrogen (secondary N) is 2. The molecule has 1 aromatic carbocycles. The van der Waals surface area contributed by atoms with E-state index in [9.17, 15) is 22.8 Å². The Labute approximate surface area is 195 Å². The van der Waals surface area contributed by atoms with E-state index in [-0.39, 0.29) is 27.3 Å². The molecular formula is C23H33N3O6S. The maximum absolute atomic E-state index is 13.5. The predicted octanol–water partition coefficient (Wildman–Crippen LogP) is 2.67. The van der Waals surface area contributed by atoms with Gasteiger partial charge < -0.3 is 10.1 Å². The van der Waals surface area contributed by atoms with Crippen LogP contribution in [0.4, 0.5) is 4.79 Å². The summed E-state index contributed by atoms with van der Waals surface area (Å²) in [7, 11) is -3.81. The molecule has 0 spiro atoms. The normalized spacial score (nSPS) is 25.2. The highest BCUT2D eigenvalue weighted by Crippen LogP contribution is 2.53. The van der Waals surface area contributed by atoms with E-state index in [1.54, 1.807) is 11.2 Å². The van der Waals surface area contributed by atoms with Gasteiger partial charge in [0, 0.05) is 19.1 Å². The number of carbonyl (C=O) groups is 3. The molecule has 182 valence electrons. The van der Waals surface area contributed by atoms with Gasteiger partial charge in [-0.3, -0.25) is 10.1 Å². The Morgan fingerprint density at radius 3 is 2.58 bits per heavy atom. The standard InChI is InChI=1S/C23H33N3O6S/c1-6-24-21(29)25-19(27)15(2)32-20(28)16-8-7-9-18(10-16)33(30,31)26-14-23(5)12-17(26)11-22(3,4)13-23/h7-10,15,17H,6,11-14H2,1-5H3,(H2,24,25,27,29)/t15-,17+,23-/m0/s1. The number of benzene rings is 1. The third-order valence-electron chi connectivity index (χ3n) is 6.27. The molecule has 3 atom stereocenters. The number of carbonyl (C=O) groups excluding carboxylic acids is 3. The monoisotopic (exact) mass is 479 g/mol. The Kier molecular flexibility index (Phi) is 6.91. The van der Waals surface area contributed by atoms with Crippen molar-refractivity contribution in [1.82, 2.24) is 14.9 Å². The molecular weight excluding hydrogens is 446 g/mol. The van der Waals surface area contributed by atoms with Crippen LogP contribution in [-0.4, -0.2) is 55.9 Å². The van der Waals surface area contributed by atoms with Crippen molar-refractivity contribution in [2.45, 2.75) is 70.9 Å². The third-order valence-corrected chi connectivity index (χ3v) is 8.16. The van der Waals surface area contributed by atoms with Gasteiger partial charge in [0.2, 0.25) is 10.0 Å². The molecule has 2 aliphatic rings. The van der Waals surface area contributed by atoms with Gasteiger partial charge in [0.05, 0.1) is 10.5 Å². The number of amides is 3. The summed E-state index contributed by atoms with van der Waals surface area (Å²) in [5.74, 6) is -1.63. The molecule has 1 aromatic rings. The van der Waals surface area contributed by atoms with Gasteiger partial charge in [0.25, 0.3) is 5.91 Å². The Morgan fingerprint density at radius 2 is 1.91 bits per heavy atom. The van der Waals surface area contributed by atoms with E-state index in [1.807, 2.05) is 0 Å². The summed E-state index contributed by atoms with van der Waals surface area (Å²) in [6.45, 7) is 10.3. The van der Waals surface area contributed by atoms with Gasteiger partial charge in [-0.2, -0.15) is 4.31 Å². The summed E-state index contributed by atoms with van der Waals surface area (Å²) >= 11 is 0. The average Bonchev–Trinajstić information content (AvgIpc) is 2.97. The van der Waals surface area contributed by atoms with Crippen LogP contribution in [0, 0.1) is 10.8 Å². The fourth-order valence-corrected chi connectivity index (χ4v) is 7.13. The summed E-state index contributed by atoms with van der Waals surface area (Å²) in [5.41, 5.74) is 0.0174. The molecule has 1 aliphatic carbocycles. The van der Waals surface area contributed by atoms with E-state index < -0.39 is 34.0 Å². The van der Waals surface area contributed by atoms with Gasteiger partial charge in [-0.15, -0.1) is 0 Å². The molecule has 0 radical (unpaired) electrons. The van der Waals surface area contributed by atoms with Crippen LogP contribution in [-0.2, 0) is 19.6 Å². The second kappa shape index (κ2) is 9.06.